The Morgan fingerprint density at radius 2 is 1.18 bits per heavy atom. The van der Waals surface area contributed by atoms with Gasteiger partial charge in [-0.3, -0.25) is 4.55 Å². The van der Waals surface area contributed by atoms with E-state index in [1.807, 2.05) is 6.92 Å². The van der Waals surface area contributed by atoms with Gasteiger partial charge in [0.1, 0.15) is 6.54 Å². The minimum Gasteiger partial charge on any atom is -0.313 e. The Morgan fingerprint density at radius 1 is 0.765 bits per heavy atom. The Labute approximate surface area is 219 Å². The van der Waals surface area contributed by atoms with Crippen molar-refractivity contribution in [3.8, 4) is 10.8 Å². The molecule has 0 atom stereocenters. The average Bonchev–Trinajstić information content (AvgIpc) is 2.81. The zero-order chi connectivity index (χ0) is 25.7. The molecule has 0 heterocycles. The first kappa shape index (κ1) is 33.1. The van der Waals surface area contributed by atoms with Crippen molar-refractivity contribution in [3.63, 3.8) is 0 Å². The zero-order valence-electron chi connectivity index (χ0n) is 22.1. The van der Waals surface area contributed by atoms with Gasteiger partial charge in [0.15, 0.2) is 0 Å². The van der Waals surface area contributed by atoms with Crippen molar-refractivity contribution in [1.82, 2.24) is 0 Å². The second-order valence-electron chi connectivity index (χ2n) is 9.41. The molecule has 0 aliphatic rings. The van der Waals surface area contributed by atoms with Crippen molar-refractivity contribution in [3.05, 3.63) is 29.8 Å². The van der Waals surface area contributed by atoms with E-state index in [0.717, 1.165) is 12.1 Å². The van der Waals surface area contributed by atoms with E-state index in [1.54, 1.807) is 12.1 Å². The van der Waals surface area contributed by atoms with Crippen LogP contribution in [0.5, 0.6) is 0 Å². The largest absolute Gasteiger partial charge is 0.313 e. The number of hydrogen-bond acceptors (Lipinski definition) is 2. The molecule has 0 aliphatic carbocycles. The molecule has 1 N–H and O–H groups in total. The Balaban J connectivity index is 0.000000818. The molecule has 0 amide bonds. The third kappa shape index (κ3) is 16.7. The summed E-state index contributed by atoms with van der Waals surface area (Å²) in [5, 5.41) is 0. The zero-order valence-corrected chi connectivity index (χ0v) is 24.5. The standard InChI is InChI=1S/C21H41BrN.C7H8O3S/c1-4-7-10-13-18-23(21-16-17-22,19-14-11-8-5-2)20-15-12-9-6-3;1-6-2-4-7(5-3-6)11(8,9)10/h4-15,18-21H2,1-3H3;2-5H,1H3,(H,8,9,10)/q+1;. The van der Waals surface area contributed by atoms with Crippen LogP contribution in [0, 0.1) is 17.7 Å². The molecular weight excluding hydrogens is 510 g/mol. The van der Waals surface area contributed by atoms with Crippen molar-refractivity contribution in [2.45, 2.75) is 110 Å². The maximum Gasteiger partial charge on any atom is 0.294 e. The van der Waals surface area contributed by atoms with Gasteiger partial charge in [0.25, 0.3) is 10.1 Å². The van der Waals surface area contributed by atoms with E-state index < -0.39 is 10.1 Å². The number of quaternary nitrogens is 1. The van der Waals surface area contributed by atoms with E-state index in [2.05, 4.69) is 47.5 Å². The molecule has 0 bridgehead atoms. The highest BCUT2D eigenvalue weighted by atomic mass is 79.9. The highest BCUT2D eigenvalue weighted by Crippen LogP contribution is 2.17. The molecule has 4 nitrogen and oxygen atoms in total. The van der Waals surface area contributed by atoms with Gasteiger partial charge >= 0.3 is 0 Å². The highest BCUT2D eigenvalue weighted by Gasteiger charge is 2.25. The third-order valence-corrected chi connectivity index (χ3v) is 7.41. The molecule has 0 spiro atoms. The lowest BCUT2D eigenvalue weighted by atomic mass is 10.1. The molecule has 0 saturated carbocycles. The number of unbranched alkanes of at least 4 members (excludes halogenated alkanes) is 9. The first-order valence-electron chi connectivity index (χ1n) is 13.2. The summed E-state index contributed by atoms with van der Waals surface area (Å²) in [6.45, 7) is 13.8. The summed E-state index contributed by atoms with van der Waals surface area (Å²) in [6.07, 6.45) is 16.4. The lowest BCUT2D eigenvalue weighted by molar-refractivity contribution is -0.922. The van der Waals surface area contributed by atoms with E-state index in [1.165, 1.54) is 113 Å². The summed E-state index contributed by atoms with van der Waals surface area (Å²) < 4.78 is 30.8. The summed E-state index contributed by atoms with van der Waals surface area (Å²) in [6, 6.07) is 5.99. The van der Waals surface area contributed by atoms with Crippen LogP contribution in [0.1, 0.15) is 103 Å². The van der Waals surface area contributed by atoms with Gasteiger partial charge in [0.2, 0.25) is 0 Å². The van der Waals surface area contributed by atoms with Gasteiger partial charge < -0.3 is 4.48 Å². The van der Waals surface area contributed by atoms with Crippen molar-refractivity contribution in [2.75, 3.05) is 26.2 Å². The predicted octanol–water partition coefficient (Wildman–Crippen LogP) is 8.14. The monoisotopic (exact) mass is 558 g/mol. The first-order chi connectivity index (χ1) is 16.2. The minimum atomic E-state index is -4.02. The number of halogens is 1. The molecule has 6 heteroatoms. The average molecular weight is 560 g/mol. The Bertz CT molecular complexity index is 751. The van der Waals surface area contributed by atoms with E-state index in [-0.39, 0.29) is 4.90 Å². The van der Waals surface area contributed by atoms with E-state index in [9.17, 15) is 8.42 Å². The molecule has 0 saturated heterocycles. The number of nitrogens with zero attached hydrogens (tertiary/aromatic N) is 1. The second-order valence-corrected chi connectivity index (χ2v) is 11.2. The van der Waals surface area contributed by atoms with E-state index >= 15 is 0 Å². The summed E-state index contributed by atoms with van der Waals surface area (Å²) in [7, 11) is -4.02. The maximum absolute atomic E-state index is 10.5. The quantitative estimate of drug-likeness (QED) is 0.0907. The Morgan fingerprint density at radius 3 is 1.50 bits per heavy atom. The summed E-state index contributed by atoms with van der Waals surface area (Å²) >= 11 is 3.31. The lowest BCUT2D eigenvalue weighted by Gasteiger charge is -2.37. The number of aryl methyl sites for hydroxylation is 1. The minimum absolute atomic E-state index is 0.0666. The number of benzene rings is 1. The van der Waals surface area contributed by atoms with Crippen molar-refractivity contribution in [2.24, 2.45) is 0 Å². The lowest BCUT2D eigenvalue weighted by Crippen LogP contribution is -2.50. The molecule has 1 rings (SSSR count). The third-order valence-electron chi connectivity index (χ3n) is 6.26. The van der Waals surface area contributed by atoms with Crippen LogP contribution in [-0.4, -0.2) is 43.6 Å². The van der Waals surface area contributed by atoms with Crippen LogP contribution in [0.4, 0.5) is 0 Å². The molecule has 0 aliphatic heterocycles. The Kier molecular flexibility index (Phi) is 19.8. The van der Waals surface area contributed by atoms with Crippen LogP contribution >= 0.6 is 15.9 Å². The van der Waals surface area contributed by atoms with Crippen molar-refractivity contribution in [1.29, 1.82) is 0 Å². The van der Waals surface area contributed by atoms with Crippen LogP contribution in [0.2, 0.25) is 0 Å². The van der Waals surface area contributed by atoms with Gasteiger partial charge in [-0.15, -0.1) is 0 Å². The van der Waals surface area contributed by atoms with Crippen LogP contribution in [0.3, 0.4) is 0 Å². The van der Waals surface area contributed by atoms with Crippen molar-refractivity contribution < 1.29 is 17.5 Å². The van der Waals surface area contributed by atoms with Crippen LogP contribution in [-0.2, 0) is 10.1 Å². The fourth-order valence-corrected chi connectivity index (χ4v) is 4.71. The molecule has 0 unspecified atom stereocenters. The fourth-order valence-electron chi connectivity index (χ4n) is 4.10. The van der Waals surface area contributed by atoms with Crippen molar-refractivity contribution >= 4 is 26.0 Å². The van der Waals surface area contributed by atoms with Crippen LogP contribution in [0.15, 0.2) is 29.2 Å². The van der Waals surface area contributed by atoms with Gasteiger partial charge in [0, 0.05) is 15.9 Å². The molecule has 1 aromatic carbocycles. The highest BCUT2D eigenvalue weighted by molar-refractivity contribution is 9.12. The smallest absolute Gasteiger partial charge is 0.294 e. The molecule has 0 radical (unpaired) electrons. The first-order valence-corrected chi connectivity index (χ1v) is 15.5. The molecular formula is C28H49BrNO3S+. The maximum atomic E-state index is 10.5. The summed E-state index contributed by atoms with van der Waals surface area (Å²) in [4.78, 5) is 2.91. The van der Waals surface area contributed by atoms with E-state index in [0.29, 0.717) is 0 Å². The predicted molar refractivity (Wildman–Crippen MR) is 150 cm³/mol. The summed E-state index contributed by atoms with van der Waals surface area (Å²) in [5.41, 5.74) is 0.956. The van der Waals surface area contributed by atoms with Gasteiger partial charge in [-0.25, -0.2) is 0 Å². The van der Waals surface area contributed by atoms with E-state index in [4.69, 9.17) is 4.55 Å². The second kappa shape index (κ2) is 20.3. The summed E-state index contributed by atoms with van der Waals surface area (Å²) in [5.74, 6) is 3.35. The normalized spacial score (nSPS) is 11.4. The fraction of sp³-hybridized carbons (Fsp3) is 0.714. The Hall–Kier alpha value is -0.870. The van der Waals surface area contributed by atoms with Gasteiger partial charge in [-0.05, 0) is 68.3 Å². The van der Waals surface area contributed by atoms with Crippen LogP contribution in [0.25, 0.3) is 0 Å². The molecule has 196 valence electrons. The molecule has 34 heavy (non-hydrogen) atoms. The van der Waals surface area contributed by atoms with Gasteiger partial charge in [-0.2, -0.15) is 8.42 Å². The van der Waals surface area contributed by atoms with Gasteiger partial charge in [-0.1, -0.05) is 77.0 Å². The number of rotatable bonds is 17. The molecule has 1 aromatic rings. The molecule has 0 fully saturated rings. The van der Waals surface area contributed by atoms with Crippen LogP contribution < -0.4 is 0 Å². The van der Waals surface area contributed by atoms with Gasteiger partial charge in [0.05, 0.1) is 24.5 Å². The molecule has 0 aromatic heterocycles. The number of hydrogen-bond donors (Lipinski definition) is 1. The topological polar surface area (TPSA) is 54.4 Å². The SMILES string of the molecule is CCCCCC[N+](CC#CBr)(CCCCCC)CCCCCC.Cc1ccc(S(=O)(=O)O)cc1.